The number of alkyl halides is 3. The normalized spacial score (nSPS) is 19.9. The predicted octanol–water partition coefficient (Wildman–Crippen LogP) is 2.15. The van der Waals surface area contributed by atoms with E-state index in [9.17, 15) is 21.6 Å². The first kappa shape index (κ1) is 25.7. The maximum atomic E-state index is 12.6. The molecule has 2 N–H and O–H groups in total. The van der Waals surface area contributed by atoms with Crippen molar-refractivity contribution >= 4 is 40.0 Å². The summed E-state index contributed by atoms with van der Waals surface area (Å²) in [4.78, 5) is 4.11. The molecule has 166 valence electrons. The van der Waals surface area contributed by atoms with E-state index < -0.39 is 15.5 Å². The fourth-order valence-electron chi connectivity index (χ4n) is 2.88. The molecule has 0 atom stereocenters. The molecule has 0 unspecified atom stereocenters. The average Bonchev–Trinajstić information content (AvgIpc) is 3.44. The first-order valence-electron chi connectivity index (χ1n) is 9.32. The molecular formula is C16H30F3IN4O3S. The maximum Gasteiger partial charge on any atom is 0.511 e. The van der Waals surface area contributed by atoms with Crippen molar-refractivity contribution in [2.24, 2.45) is 16.8 Å². The highest BCUT2D eigenvalue weighted by Crippen LogP contribution is 2.30. The smallest absolute Gasteiger partial charge is 0.381 e. The number of ether oxygens (including phenoxy) is 1. The average molecular weight is 542 g/mol. The first-order valence-corrected chi connectivity index (χ1v) is 10.8. The van der Waals surface area contributed by atoms with Crippen molar-refractivity contribution in [3.05, 3.63) is 0 Å². The zero-order valence-electron chi connectivity index (χ0n) is 16.0. The second-order valence-corrected chi connectivity index (χ2v) is 8.97. The van der Waals surface area contributed by atoms with Crippen molar-refractivity contribution < 1.29 is 26.3 Å². The van der Waals surface area contributed by atoms with Gasteiger partial charge in [-0.2, -0.15) is 17.5 Å². The minimum atomic E-state index is -5.23. The van der Waals surface area contributed by atoms with E-state index in [1.54, 1.807) is 7.05 Å². The van der Waals surface area contributed by atoms with Gasteiger partial charge in [-0.15, -0.1) is 24.0 Å². The van der Waals surface area contributed by atoms with Crippen LogP contribution in [0.5, 0.6) is 0 Å². The third kappa shape index (κ3) is 8.19. The van der Waals surface area contributed by atoms with Crippen LogP contribution >= 0.6 is 24.0 Å². The van der Waals surface area contributed by atoms with Crippen molar-refractivity contribution in [1.82, 2.24) is 14.9 Å². The highest BCUT2D eigenvalue weighted by Gasteiger charge is 2.50. The molecule has 0 aromatic heterocycles. The molecule has 0 spiro atoms. The van der Waals surface area contributed by atoms with E-state index in [0.29, 0.717) is 42.8 Å². The number of sulfonamides is 1. The largest absolute Gasteiger partial charge is 0.511 e. The molecule has 0 aromatic carbocycles. The topological polar surface area (TPSA) is 83.0 Å². The molecule has 1 saturated carbocycles. The Morgan fingerprint density at radius 1 is 1.14 bits per heavy atom. The number of halogens is 4. The molecule has 12 heteroatoms. The highest BCUT2D eigenvalue weighted by atomic mass is 127. The van der Waals surface area contributed by atoms with Crippen LogP contribution < -0.4 is 10.6 Å². The van der Waals surface area contributed by atoms with Crippen LogP contribution in [0.4, 0.5) is 13.2 Å². The lowest BCUT2D eigenvalue weighted by atomic mass is 9.98. The number of nitrogens with one attached hydrogen (secondary N) is 2. The third-order valence-corrected chi connectivity index (χ3v) is 6.43. The minimum absolute atomic E-state index is 0. The first-order chi connectivity index (χ1) is 12.7. The van der Waals surface area contributed by atoms with Crippen molar-refractivity contribution in [2.45, 2.75) is 37.6 Å². The van der Waals surface area contributed by atoms with Gasteiger partial charge < -0.3 is 15.4 Å². The zero-order chi connectivity index (χ0) is 19.9. The fraction of sp³-hybridized carbons (Fsp3) is 0.938. The molecule has 2 aliphatic rings. The van der Waals surface area contributed by atoms with Gasteiger partial charge in [0.05, 0.1) is 0 Å². The Morgan fingerprint density at radius 3 is 2.32 bits per heavy atom. The lowest BCUT2D eigenvalue weighted by Gasteiger charge is -2.31. The Bertz CT molecular complexity index is 592. The summed E-state index contributed by atoms with van der Waals surface area (Å²) in [6.45, 7) is 2.57. The van der Waals surface area contributed by atoms with Crippen LogP contribution in [-0.2, 0) is 14.8 Å². The Kier molecular flexibility index (Phi) is 10.8. The van der Waals surface area contributed by atoms with Gasteiger partial charge in [0.25, 0.3) is 0 Å². The van der Waals surface area contributed by atoms with Gasteiger partial charge in [0.2, 0.25) is 0 Å². The second kappa shape index (κ2) is 11.7. The Balaban J connectivity index is 0.00000392. The lowest BCUT2D eigenvalue weighted by molar-refractivity contribution is -0.0496. The second-order valence-electron chi connectivity index (χ2n) is 7.04. The van der Waals surface area contributed by atoms with Crippen molar-refractivity contribution in [3.8, 4) is 0 Å². The van der Waals surface area contributed by atoms with Gasteiger partial charge in [0.15, 0.2) is 5.96 Å². The van der Waals surface area contributed by atoms with E-state index in [-0.39, 0.29) is 43.0 Å². The van der Waals surface area contributed by atoms with Crippen LogP contribution in [0.2, 0.25) is 0 Å². The van der Waals surface area contributed by atoms with Gasteiger partial charge >= 0.3 is 15.5 Å². The summed E-state index contributed by atoms with van der Waals surface area (Å²) in [5, 5.41) is 6.32. The number of piperidine rings is 1. The molecule has 0 aromatic rings. The molecule has 1 aliphatic carbocycles. The monoisotopic (exact) mass is 542 g/mol. The summed E-state index contributed by atoms with van der Waals surface area (Å²) in [6, 6.07) is 0. The number of nitrogens with zero attached hydrogens (tertiary/aromatic N) is 2. The molecule has 1 saturated heterocycles. The number of guanidine groups is 1. The number of aliphatic imine (C=N–C) groups is 1. The maximum absolute atomic E-state index is 12.6. The Hall–Kier alpha value is -0.340. The predicted molar refractivity (Wildman–Crippen MR) is 112 cm³/mol. The van der Waals surface area contributed by atoms with E-state index in [2.05, 4.69) is 15.6 Å². The van der Waals surface area contributed by atoms with E-state index in [4.69, 9.17) is 4.74 Å². The van der Waals surface area contributed by atoms with Crippen LogP contribution in [0.3, 0.4) is 0 Å². The fourth-order valence-corrected chi connectivity index (χ4v) is 3.86. The summed E-state index contributed by atoms with van der Waals surface area (Å²) in [6.07, 6.45) is 4.18. The number of rotatable bonds is 9. The molecule has 0 radical (unpaired) electrons. The lowest BCUT2D eigenvalue weighted by Crippen LogP contribution is -2.47. The van der Waals surface area contributed by atoms with Gasteiger partial charge in [-0.05, 0) is 43.9 Å². The number of hydrogen-bond acceptors (Lipinski definition) is 4. The Morgan fingerprint density at radius 2 is 1.79 bits per heavy atom. The van der Waals surface area contributed by atoms with Gasteiger partial charge in [0, 0.05) is 46.4 Å². The third-order valence-electron chi connectivity index (χ3n) is 4.80. The van der Waals surface area contributed by atoms with Crippen LogP contribution in [0.25, 0.3) is 0 Å². The molecule has 1 aliphatic heterocycles. The summed E-state index contributed by atoms with van der Waals surface area (Å²) in [7, 11) is -3.56. The molecule has 28 heavy (non-hydrogen) atoms. The van der Waals surface area contributed by atoms with E-state index in [1.165, 1.54) is 12.8 Å². The molecule has 7 nitrogen and oxygen atoms in total. The Labute approximate surface area is 181 Å². The van der Waals surface area contributed by atoms with Crippen LogP contribution in [0.1, 0.15) is 32.1 Å². The summed E-state index contributed by atoms with van der Waals surface area (Å²) >= 11 is 0. The molecule has 0 amide bonds. The van der Waals surface area contributed by atoms with Gasteiger partial charge in [-0.25, -0.2) is 8.42 Å². The summed E-state index contributed by atoms with van der Waals surface area (Å²) in [5.41, 5.74) is -5.23. The molecule has 1 heterocycles. The van der Waals surface area contributed by atoms with Crippen molar-refractivity contribution in [2.75, 3.05) is 46.4 Å². The highest BCUT2D eigenvalue weighted by molar-refractivity contribution is 14.0. The van der Waals surface area contributed by atoms with Gasteiger partial charge in [-0.1, -0.05) is 0 Å². The zero-order valence-corrected chi connectivity index (χ0v) is 19.1. The SMILES string of the molecule is CN=C(NCCCOCC1CC1)NCC1CCN(S(=O)(=O)C(F)(F)F)CC1.I. The van der Waals surface area contributed by atoms with Crippen LogP contribution in [0, 0.1) is 11.8 Å². The standard InChI is InChI=1S/C16H29F3N4O3S.HI/c1-20-15(21-7-2-10-26-12-14-3-4-14)22-11-13-5-8-23(9-6-13)27(24,25)16(17,18)19;/h13-14H,2-12H2,1H3,(H2,20,21,22);1H. The van der Waals surface area contributed by atoms with E-state index in [0.717, 1.165) is 18.9 Å². The molecule has 0 bridgehead atoms. The van der Waals surface area contributed by atoms with Crippen molar-refractivity contribution in [1.29, 1.82) is 0 Å². The summed E-state index contributed by atoms with van der Waals surface area (Å²) in [5.74, 6) is 1.48. The minimum Gasteiger partial charge on any atom is -0.381 e. The molecule has 2 rings (SSSR count). The quantitative estimate of drug-likeness (QED) is 0.202. The van der Waals surface area contributed by atoms with E-state index in [1.807, 2.05) is 0 Å². The van der Waals surface area contributed by atoms with Gasteiger partial charge in [-0.3, -0.25) is 4.99 Å². The number of hydrogen-bond donors (Lipinski definition) is 2. The summed E-state index contributed by atoms with van der Waals surface area (Å²) < 4.78 is 66.6. The van der Waals surface area contributed by atoms with Crippen LogP contribution in [-0.4, -0.2) is 70.6 Å². The molecule has 2 fully saturated rings. The molecular weight excluding hydrogens is 512 g/mol. The van der Waals surface area contributed by atoms with E-state index >= 15 is 0 Å². The van der Waals surface area contributed by atoms with Crippen LogP contribution in [0.15, 0.2) is 4.99 Å². The van der Waals surface area contributed by atoms with Crippen molar-refractivity contribution in [3.63, 3.8) is 0 Å². The van der Waals surface area contributed by atoms with Gasteiger partial charge in [0.1, 0.15) is 0 Å².